The molecule has 0 saturated heterocycles. The molecule has 8 nitrogen and oxygen atoms in total. The summed E-state index contributed by atoms with van der Waals surface area (Å²) in [6.45, 7) is 1.75. The number of benzene rings is 3. The molecule has 1 aromatic heterocycles. The molecule has 2 amide bonds. The average Bonchev–Trinajstić information content (AvgIpc) is 3.05. The molecule has 4 aromatic rings. The molecule has 0 fully saturated rings. The molecule has 0 spiro atoms. The topological polar surface area (TPSA) is 101 Å². The van der Waals surface area contributed by atoms with Gasteiger partial charge in [-0.05, 0) is 35.9 Å². The molecule has 1 N–H and O–H groups in total. The van der Waals surface area contributed by atoms with Crippen LogP contribution < -0.4 is 10.3 Å². The fourth-order valence-corrected chi connectivity index (χ4v) is 3.53. The second-order valence-corrected chi connectivity index (χ2v) is 6.67. The fourth-order valence-electron chi connectivity index (χ4n) is 3.53. The van der Waals surface area contributed by atoms with E-state index in [4.69, 9.17) is 4.42 Å². The van der Waals surface area contributed by atoms with E-state index < -0.39 is 11.0 Å². The Hall–Kier alpha value is -4.20. The van der Waals surface area contributed by atoms with E-state index in [1.165, 1.54) is 29.3 Å². The number of nitrogens with one attached hydrogen (secondary N) is 1. The third-order valence-corrected chi connectivity index (χ3v) is 4.89. The Labute approximate surface area is 164 Å². The van der Waals surface area contributed by atoms with Crippen LogP contribution in [0.5, 0.6) is 0 Å². The summed E-state index contributed by atoms with van der Waals surface area (Å²) in [6.07, 6.45) is 0. The summed E-state index contributed by atoms with van der Waals surface area (Å²) in [5, 5.41) is 22.1. The second kappa shape index (κ2) is 6.16. The Bertz CT molecular complexity index is 1340. The number of non-ortho nitro benzene ring substituents is 1. The van der Waals surface area contributed by atoms with Gasteiger partial charge in [0.25, 0.3) is 5.69 Å². The van der Waals surface area contributed by atoms with Gasteiger partial charge in [-0.1, -0.05) is 30.3 Å². The van der Waals surface area contributed by atoms with Crippen molar-refractivity contribution in [2.75, 3.05) is 10.3 Å². The van der Waals surface area contributed by atoms with Gasteiger partial charge in [-0.15, -0.1) is 0 Å². The van der Waals surface area contributed by atoms with Crippen LogP contribution in [-0.4, -0.2) is 16.7 Å². The predicted molar refractivity (Wildman–Crippen MR) is 111 cm³/mol. The fraction of sp³-hybridized carbons (Fsp3) is 0.0476. The van der Waals surface area contributed by atoms with E-state index >= 15 is 0 Å². The molecule has 29 heavy (non-hydrogen) atoms. The Morgan fingerprint density at radius 1 is 1.07 bits per heavy atom. The van der Waals surface area contributed by atoms with Crippen LogP contribution in [0.15, 0.2) is 70.2 Å². The van der Waals surface area contributed by atoms with Gasteiger partial charge >= 0.3 is 6.03 Å². The van der Waals surface area contributed by atoms with Gasteiger partial charge in [0.1, 0.15) is 11.3 Å². The van der Waals surface area contributed by atoms with Gasteiger partial charge in [-0.25, -0.2) is 4.79 Å². The monoisotopic (exact) mass is 386 g/mol. The number of furan rings is 1. The number of rotatable bonds is 2. The highest BCUT2D eigenvalue weighted by atomic mass is 16.6. The molecule has 3 aromatic carbocycles. The largest absolute Gasteiger partial charge is 0.452 e. The van der Waals surface area contributed by atoms with Gasteiger partial charge in [-0.3, -0.25) is 10.1 Å². The van der Waals surface area contributed by atoms with Gasteiger partial charge in [0, 0.05) is 12.1 Å². The maximum Gasteiger partial charge on any atom is 0.347 e. The lowest BCUT2D eigenvalue weighted by molar-refractivity contribution is -0.384. The van der Waals surface area contributed by atoms with Crippen molar-refractivity contribution in [3.8, 4) is 0 Å². The normalized spacial score (nSPS) is 13.8. The van der Waals surface area contributed by atoms with E-state index in [0.29, 0.717) is 28.4 Å². The third kappa shape index (κ3) is 2.61. The predicted octanol–water partition coefficient (Wildman–Crippen LogP) is 5.27. The van der Waals surface area contributed by atoms with Gasteiger partial charge < -0.3 is 9.73 Å². The summed E-state index contributed by atoms with van der Waals surface area (Å²) in [6, 6.07) is 16.9. The first-order valence-corrected chi connectivity index (χ1v) is 8.88. The highest BCUT2D eigenvalue weighted by Gasteiger charge is 2.28. The molecule has 0 radical (unpaired) electrons. The van der Waals surface area contributed by atoms with E-state index in [2.05, 4.69) is 10.4 Å². The zero-order valence-electron chi connectivity index (χ0n) is 15.2. The number of nitro benzene ring substituents is 1. The lowest BCUT2D eigenvalue weighted by Crippen LogP contribution is -2.29. The van der Waals surface area contributed by atoms with Crippen molar-refractivity contribution in [3.63, 3.8) is 0 Å². The number of urea groups is 1. The maximum absolute atomic E-state index is 13.0. The molecule has 0 saturated carbocycles. The molecule has 5 rings (SSSR count). The number of hydrogen-bond donors (Lipinski definition) is 1. The van der Waals surface area contributed by atoms with Crippen LogP contribution in [0.2, 0.25) is 0 Å². The number of carbonyl (C=O) groups excluding carboxylic acids is 1. The molecule has 8 heteroatoms. The van der Waals surface area contributed by atoms with Crippen molar-refractivity contribution in [2.24, 2.45) is 5.10 Å². The summed E-state index contributed by atoms with van der Waals surface area (Å²) in [4.78, 5) is 23.3. The molecular weight excluding hydrogens is 372 g/mol. The van der Waals surface area contributed by atoms with Crippen molar-refractivity contribution in [1.29, 1.82) is 0 Å². The highest BCUT2D eigenvalue weighted by Crippen LogP contribution is 2.38. The summed E-state index contributed by atoms with van der Waals surface area (Å²) in [5.74, 6) is 0.481. The van der Waals surface area contributed by atoms with Crippen LogP contribution in [-0.2, 0) is 0 Å². The third-order valence-electron chi connectivity index (χ3n) is 4.89. The molecule has 0 bridgehead atoms. The number of nitrogens with zero attached hydrogens (tertiary/aromatic N) is 3. The van der Waals surface area contributed by atoms with E-state index in [1.807, 2.05) is 36.4 Å². The smallest absolute Gasteiger partial charge is 0.347 e. The Morgan fingerprint density at radius 3 is 2.59 bits per heavy atom. The van der Waals surface area contributed by atoms with E-state index in [1.54, 1.807) is 6.92 Å². The minimum Gasteiger partial charge on any atom is -0.452 e. The summed E-state index contributed by atoms with van der Waals surface area (Å²) in [7, 11) is 0. The van der Waals surface area contributed by atoms with E-state index in [9.17, 15) is 14.9 Å². The Morgan fingerprint density at radius 2 is 1.83 bits per heavy atom. The molecule has 0 atom stereocenters. The molecular formula is C21H14N4O4. The van der Waals surface area contributed by atoms with Gasteiger partial charge in [0.2, 0.25) is 0 Å². The zero-order valence-corrected chi connectivity index (χ0v) is 15.2. The summed E-state index contributed by atoms with van der Waals surface area (Å²) < 4.78 is 6.01. The number of hydrazone groups is 1. The molecule has 142 valence electrons. The number of nitro groups is 1. The van der Waals surface area contributed by atoms with Gasteiger partial charge in [0.15, 0.2) is 5.76 Å². The van der Waals surface area contributed by atoms with Gasteiger partial charge in [0.05, 0.1) is 21.7 Å². The Balaban J connectivity index is 1.65. The molecule has 1 aliphatic heterocycles. The number of fused-ring (bicyclic) bond motifs is 5. The first kappa shape index (κ1) is 16.9. The summed E-state index contributed by atoms with van der Waals surface area (Å²) in [5.41, 5.74) is 2.08. The first-order valence-electron chi connectivity index (χ1n) is 8.88. The van der Waals surface area contributed by atoms with Crippen LogP contribution in [0.25, 0.3) is 21.7 Å². The average molecular weight is 386 g/mol. The van der Waals surface area contributed by atoms with Gasteiger partial charge in [-0.2, -0.15) is 10.1 Å². The van der Waals surface area contributed by atoms with E-state index in [-0.39, 0.29) is 5.69 Å². The molecule has 2 heterocycles. The maximum atomic E-state index is 13.0. The van der Waals surface area contributed by atoms with Crippen LogP contribution in [0.4, 0.5) is 21.9 Å². The van der Waals surface area contributed by atoms with Crippen LogP contribution in [0, 0.1) is 10.1 Å². The standard InChI is InChI=1S/C21H14N4O4/c1-12-20-19(18-16-5-3-2-4-13(16)6-11-17(18)29-20)22-21(26)24(23-12)14-7-9-15(10-8-14)25(27)28/h2-11H,1H3,(H,22,26). The SMILES string of the molecule is CC1=NN(c2ccc([N+](=O)[O-])cc2)C(=O)Nc2c1oc1ccc3ccccc3c21. The van der Waals surface area contributed by atoms with Crippen molar-refractivity contribution < 1.29 is 14.1 Å². The van der Waals surface area contributed by atoms with Crippen molar-refractivity contribution in [1.82, 2.24) is 0 Å². The lowest BCUT2D eigenvalue weighted by Gasteiger charge is -2.16. The minimum absolute atomic E-state index is 0.0611. The molecule has 1 aliphatic rings. The Kier molecular flexibility index (Phi) is 3.60. The quantitative estimate of drug-likeness (QED) is 0.374. The van der Waals surface area contributed by atoms with Crippen molar-refractivity contribution >= 4 is 50.5 Å². The number of hydrogen-bond acceptors (Lipinski definition) is 5. The number of anilines is 2. The lowest BCUT2D eigenvalue weighted by atomic mass is 10.0. The van der Waals surface area contributed by atoms with Crippen LogP contribution in [0.3, 0.4) is 0 Å². The highest BCUT2D eigenvalue weighted by molar-refractivity contribution is 6.22. The zero-order chi connectivity index (χ0) is 20.1. The minimum atomic E-state index is -0.493. The number of amides is 2. The van der Waals surface area contributed by atoms with Crippen molar-refractivity contribution in [2.45, 2.75) is 6.92 Å². The molecule has 0 aliphatic carbocycles. The van der Waals surface area contributed by atoms with Crippen LogP contribution in [0.1, 0.15) is 12.7 Å². The summed E-state index contributed by atoms with van der Waals surface area (Å²) >= 11 is 0. The van der Waals surface area contributed by atoms with Crippen LogP contribution >= 0.6 is 0 Å². The molecule has 0 unspecified atom stereocenters. The second-order valence-electron chi connectivity index (χ2n) is 6.67. The number of carbonyl (C=O) groups is 1. The van der Waals surface area contributed by atoms with Crippen molar-refractivity contribution in [3.05, 3.63) is 76.5 Å². The first-order chi connectivity index (χ1) is 14.0. The van der Waals surface area contributed by atoms with E-state index in [0.717, 1.165) is 16.2 Å².